The van der Waals surface area contributed by atoms with Gasteiger partial charge >= 0.3 is 0 Å². The number of thioether (sulfide) groups is 1. The number of hydrogen-bond donors (Lipinski definition) is 1. The van der Waals surface area contributed by atoms with Crippen molar-refractivity contribution in [2.45, 2.75) is 12.5 Å². The average molecular weight is 243 g/mol. The first-order valence-electron chi connectivity index (χ1n) is 6.43. The Kier molecular flexibility index (Phi) is 4.95. The number of hydrogen-bond acceptors (Lipinski definition) is 4. The summed E-state index contributed by atoms with van der Waals surface area (Å²) < 4.78 is 0. The fraction of sp³-hybridized carbons (Fsp3) is 1.00. The lowest BCUT2D eigenvalue weighted by Gasteiger charge is -2.38. The normalized spacial score (nSPS) is 33.4. The molecule has 4 heteroatoms. The van der Waals surface area contributed by atoms with Crippen LogP contribution in [0.1, 0.15) is 6.42 Å². The van der Waals surface area contributed by atoms with Gasteiger partial charge in [-0.3, -0.25) is 4.90 Å². The van der Waals surface area contributed by atoms with E-state index in [1.54, 1.807) is 0 Å². The zero-order valence-corrected chi connectivity index (χ0v) is 11.4. The third kappa shape index (κ3) is 3.62. The quantitative estimate of drug-likeness (QED) is 0.778. The summed E-state index contributed by atoms with van der Waals surface area (Å²) in [6.45, 7) is 6.01. The predicted molar refractivity (Wildman–Crippen MR) is 72.2 cm³/mol. The second kappa shape index (κ2) is 6.24. The van der Waals surface area contributed by atoms with Crippen LogP contribution in [0.2, 0.25) is 0 Å². The number of likely N-dealkylation sites (N-methyl/N-ethyl adjacent to an activating group) is 2. The van der Waals surface area contributed by atoms with Crippen molar-refractivity contribution in [3.63, 3.8) is 0 Å². The molecule has 16 heavy (non-hydrogen) atoms. The molecule has 0 bridgehead atoms. The first-order valence-corrected chi connectivity index (χ1v) is 7.58. The molecule has 2 rings (SSSR count). The van der Waals surface area contributed by atoms with Crippen LogP contribution in [0.25, 0.3) is 0 Å². The van der Waals surface area contributed by atoms with Gasteiger partial charge in [0.05, 0.1) is 0 Å². The van der Waals surface area contributed by atoms with E-state index in [1.807, 2.05) is 0 Å². The Bertz CT molecular complexity index is 206. The summed E-state index contributed by atoms with van der Waals surface area (Å²) in [5.41, 5.74) is 0. The Morgan fingerprint density at radius 3 is 2.88 bits per heavy atom. The monoisotopic (exact) mass is 243 g/mol. The first-order chi connectivity index (χ1) is 7.75. The molecule has 94 valence electrons. The SMILES string of the molecule is CN1CCN(C)C(CNCC2CCSC2)C1. The van der Waals surface area contributed by atoms with E-state index in [-0.39, 0.29) is 0 Å². The van der Waals surface area contributed by atoms with Gasteiger partial charge in [-0.05, 0) is 44.5 Å². The Balaban J connectivity index is 1.63. The molecule has 2 unspecified atom stereocenters. The third-order valence-corrected chi connectivity index (χ3v) is 5.05. The van der Waals surface area contributed by atoms with Crippen LogP contribution in [0.5, 0.6) is 0 Å². The average Bonchev–Trinajstić information content (AvgIpc) is 2.76. The fourth-order valence-corrected chi connectivity index (χ4v) is 3.80. The molecule has 2 saturated heterocycles. The Morgan fingerprint density at radius 1 is 1.25 bits per heavy atom. The van der Waals surface area contributed by atoms with E-state index in [2.05, 4.69) is 41.0 Å². The molecule has 1 N–H and O–H groups in total. The highest BCUT2D eigenvalue weighted by Crippen LogP contribution is 2.22. The van der Waals surface area contributed by atoms with Gasteiger partial charge in [-0.2, -0.15) is 11.8 Å². The van der Waals surface area contributed by atoms with Crippen molar-refractivity contribution >= 4 is 11.8 Å². The largest absolute Gasteiger partial charge is 0.315 e. The van der Waals surface area contributed by atoms with E-state index < -0.39 is 0 Å². The van der Waals surface area contributed by atoms with Gasteiger partial charge in [-0.1, -0.05) is 0 Å². The molecule has 0 aliphatic carbocycles. The van der Waals surface area contributed by atoms with E-state index in [0.717, 1.165) is 12.5 Å². The molecule has 2 fully saturated rings. The van der Waals surface area contributed by atoms with Gasteiger partial charge in [-0.25, -0.2) is 0 Å². The van der Waals surface area contributed by atoms with E-state index in [9.17, 15) is 0 Å². The molecule has 0 aromatic heterocycles. The van der Waals surface area contributed by atoms with Crippen LogP contribution in [0.15, 0.2) is 0 Å². The molecule has 0 amide bonds. The van der Waals surface area contributed by atoms with Crippen LogP contribution in [-0.4, -0.2) is 74.2 Å². The maximum absolute atomic E-state index is 3.67. The minimum atomic E-state index is 0.702. The highest BCUT2D eigenvalue weighted by molar-refractivity contribution is 7.99. The van der Waals surface area contributed by atoms with Gasteiger partial charge < -0.3 is 10.2 Å². The molecule has 3 nitrogen and oxygen atoms in total. The summed E-state index contributed by atoms with van der Waals surface area (Å²) in [6, 6.07) is 0.702. The Labute approximate surface area is 104 Å². The van der Waals surface area contributed by atoms with Gasteiger partial charge in [0.15, 0.2) is 0 Å². The maximum atomic E-state index is 3.67. The molecule has 2 aliphatic heterocycles. The van der Waals surface area contributed by atoms with E-state index in [0.29, 0.717) is 6.04 Å². The molecule has 2 atom stereocenters. The van der Waals surface area contributed by atoms with Gasteiger partial charge in [0, 0.05) is 32.2 Å². The molecule has 0 aromatic rings. The van der Waals surface area contributed by atoms with Gasteiger partial charge in [0.25, 0.3) is 0 Å². The van der Waals surface area contributed by atoms with Crippen LogP contribution in [0.3, 0.4) is 0 Å². The van der Waals surface area contributed by atoms with Crippen molar-refractivity contribution in [2.24, 2.45) is 5.92 Å². The van der Waals surface area contributed by atoms with Crippen molar-refractivity contribution < 1.29 is 0 Å². The number of nitrogens with one attached hydrogen (secondary N) is 1. The summed E-state index contributed by atoms with van der Waals surface area (Å²) >= 11 is 2.11. The van der Waals surface area contributed by atoms with Crippen molar-refractivity contribution in [3.05, 3.63) is 0 Å². The van der Waals surface area contributed by atoms with Gasteiger partial charge in [0.1, 0.15) is 0 Å². The summed E-state index contributed by atoms with van der Waals surface area (Å²) in [5.74, 6) is 3.67. The van der Waals surface area contributed by atoms with Crippen LogP contribution >= 0.6 is 11.8 Å². The van der Waals surface area contributed by atoms with Crippen LogP contribution in [-0.2, 0) is 0 Å². The highest BCUT2D eigenvalue weighted by Gasteiger charge is 2.22. The van der Waals surface area contributed by atoms with E-state index in [4.69, 9.17) is 0 Å². The lowest BCUT2D eigenvalue weighted by atomic mass is 10.1. The number of piperazine rings is 1. The fourth-order valence-electron chi connectivity index (χ4n) is 2.52. The molecular weight excluding hydrogens is 218 g/mol. The second-order valence-corrected chi connectivity index (χ2v) is 6.43. The topological polar surface area (TPSA) is 18.5 Å². The van der Waals surface area contributed by atoms with Crippen molar-refractivity contribution in [1.82, 2.24) is 15.1 Å². The van der Waals surface area contributed by atoms with Crippen molar-refractivity contribution in [2.75, 3.05) is 58.3 Å². The van der Waals surface area contributed by atoms with E-state index >= 15 is 0 Å². The maximum Gasteiger partial charge on any atom is 0.0345 e. The summed E-state index contributed by atoms with van der Waals surface area (Å²) in [7, 11) is 4.48. The van der Waals surface area contributed by atoms with Crippen LogP contribution in [0.4, 0.5) is 0 Å². The third-order valence-electron chi connectivity index (χ3n) is 3.82. The molecular formula is C12H25N3S. The zero-order chi connectivity index (χ0) is 11.4. The minimum Gasteiger partial charge on any atom is -0.315 e. The summed E-state index contributed by atoms with van der Waals surface area (Å²) in [5, 5.41) is 3.67. The van der Waals surface area contributed by atoms with Gasteiger partial charge in [-0.15, -0.1) is 0 Å². The smallest absolute Gasteiger partial charge is 0.0345 e. The first kappa shape index (κ1) is 12.7. The van der Waals surface area contributed by atoms with Crippen LogP contribution in [0, 0.1) is 5.92 Å². The zero-order valence-electron chi connectivity index (χ0n) is 10.6. The molecule has 2 aliphatic rings. The molecule has 0 radical (unpaired) electrons. The Morgan fingerprint density at radius 2 is 2.12 bits per heavy atom. The van der Waals surface area contributed by atoms with Crippen molar-refractivity contribution in [3.8, 4) is 0 Å². The predicted octanol–water partition coefficient (Wildman–Crippen LogP) is 0.575. The molecule has 2 heterocycles. The summed E-state index contributed by atoms with van der Waals surface area (Å²) in [4.78, 5) is 4.94. The Hall–Kier alpha value is 0.230. The molecule has 0 aromatic carbocycles. The van der Waals surface area contributed by atoms with Crippen molar-refractivity contribution in [1.29, 1.82) is 0 Å². The van der Waals surface area contributed by atoms with Crippen LogP contribution < -0.4 is 5.32 Å². The minimum absolute atomic E-state index is 0.702. The second-order valence-electron chi connectivity index (χ2n) is 5.28. The summed E-state index contributed by atoms with van der Waals surface area (Å²) in [6.07, 6.45) is 1.41. The molecule has 0 spiro atoms. The van der Waals surface area contributed by atoms with E-state index in [1.165, 1.54) is 44.1 Å². The molecule has 0 saturated carbocycles. The highest BCUT2D eigenvalue weighted by atomic mass is 32.2. The lowest BCUT2D eigenvalue weighted by molar-refractivity contribution is 0.113. The standard InChI is InChI=1S/C12H25N3S/c1-14-4-5-15(2)12(9-14)8-13-7-11-3-6-16-10-11/h11-13H,3-10H2,1-2H3. The van der Waals surface area contributed by atoms with Gasteiger partial charge in [0.2, 0.25) is 0 Å². The lowest BCUT2D eigenvalue weighted by Crippen LogP contribution is -2.54. The number of rotatable bonds is 4. The number of nitrogens with zero attached hydrogens (tertiary/aromatic N) is 2.